The van der Waals surface area contributed by atoms with Gasteiger partial charge < -0.3 is 10.4 Å². The smallest absolute Gasteiger partial charge is 0.307 e. The largest absolute Gasteiger partial charge is 0.481 e. The number of fused-ring (bicyclic) bond motifs is 3. The van der Waals surface area contributed by atoms with E-state index in [9.17, 15) is 14.7 Å². The summed E-state index contributed by atoms with van der Waals surface area (Å²) >= 11 is 0. The van der Waals surface area contributed by atoms with Gasteiger partial charge in [0.15, 0.2) is 0 Å². The highest BCUT2D eigenvalue weighted by Crippen LogP contribution is 2.49. The van der Waals surface area contributed by atoms with Crippen LogP contribution in [0.4, 0.5) is 0 Å². The van der Waals surface area contributed by atoms with Crippen LogP contribution in [0.25, 0.3) is 0 Å². The van der Waals surface area contributed by atoms with Crippen molar-refractivity contribution in [1.29, 1.82) is 0 Å². The van der Waals surface area contributed by atoms with Gasteiger partial charge in [-0.05, 0) is 51.4 Å². The van der Waals surface area contributed by atoms with Gasteiger partial charge in [-0.15, -0.1) is 0 Å². The van der Waals surface area contributed by atoms with E-state index in [0.29, 0.717) is 6.54 Å². The Morgan fingerprint density at radius 1 is 1.26 bits per heavy atom. The number of carbonyl (C=O) groups excluding carboxylic acids is 1. The molecule has 2 N–H and O–H groups in total. The molecule has 23 heavy (non-hydrogen) atoms. The molecule has 2 atom stereocenters. The Morgan fingerprint density at radius 2 is 1.87 bits per heavy atom. The summed E-state index contributed by atoms with van der Waals surface area (Å²) in [5.41, 5.74) is 2.04. The summed E-state index contributed by atoms with van der Waals surface area (Å²) in [6.45, 7) is 5.23. The molecule has 126 valence electrons. The minimum absolute atomic E-state index is 0.101. The molecule has 0 saturated heterocycles. The molecule has 2 bridgehead atoms. The van der Waals surface area contributed by atoms with Crippen LogP contribution < -0.4 is 5.32 Å². The number of nitrogens with zero attached hydrogens (tertiary/aromatic N) is 2. The highest BCUT2D eigenvalue weighted by Gasteiger charge is 2.50. The van der Waals surface area contributed by atoms with Crippen molar-refractivity contribution in [3.8, 4) is 0 Å². The van der Waals surface area contributed by atoms with Gasteiger partial charge in [-0.2, -0.15) is 5.10 Å². The molecule has 0 radical (unpaired) electrons. The van der Waals surface area contributed by atoms with Crippen molar-refractivity contribution in [2.45, 2.75) is 52.6 Å². The van der Waals surface area contributed by atoms with Gasteiger partial charge in [0.2, 0.25) is 5.91 Å². The van der Waals surface area contributed by atoms with Crippen molar-refractivity contribution >= 4 is 11.9 Å². The van der Waals surface area contributed by atoms with Gasteiger partial charge in [-0.1, -0.05) is 0 Å². The average molecular weight is 319 g/mol. The van der Waals surface area contributed by atoms with Crippen molar-refractivity contribution in [3.63, 3.8) is 0 Å². The fourth-order valence-electron chi connectivity index (χ4n) is 4.46. The fourth-order valence-corrected chi connectivity index (χ4v) is 4.46. The minimum Gasteiger partial charge on any atom is -0.481 e. The van der Waals surface area contributed by atoms with E-state index in [0.717, 1.165) is 43.5 Å². The van der Waals surface area contributed by atoms with Crippen LogP contribution in [0.1, 0.15) is 43.9 Å². The zero-order valence-corrected chi connectivity index (χ0v) is 13.8. The van der Waals surface area contributed by atoms with Gasteiger partial charge in [0.1, 0.15) is 0 Å². The molecule has 6 nitrogen and oxygen atoms in total. The Hall–Kier alpha value is -1.85. The summed E-state index contributed by atoms with van der Waals surface area (Å²) in [4.78, 5) is 24.3. The fraction of sp³-hybridized carbons (Fsp3) is 0.706. The Kier molecular flexibility index (Phi) is 4.41. The summed E-state index contributed by atoms with van der Waals surface area (Å²) in [7, 11) is 0. The molecule has 1 aromatic heterocycles. The topological polar surface area (TPSA) is 84.2 Å². The van der Waals surface area contributed by atoms with Gasteiger partial charge in [0, 0.05) is 24.3 Å². The van der Waals surface area contributed by atoms with Gasteiger partial charge in [0.25, 0.3) is 0 Å². The number of carboxylic acid groups (broad SMARTS) is 1. The molecular weight excluding hydrogens is 294 g/mol. The summed E-state index contributed by atoms with van der Waals surface area (Å²) in [6, 6.07) is 0. The molecule has 3 saturated carbocycles. The molecule has 0 aromatic carbocycles. The second-order valence-corrected chi connectivity index (χ2v) is 6.85. The number of carboxylic acids is 1. The number of aryl methyl sites for hydroxylation is 1. The standard InChI is InChI=1S/C17H25N3O3/c1-3-20-10(2)13(9-19-20)8-18-16(21)14-11-4-6-12(7-5-11)15(14)17(22)23/h9,11-12,14-15H,3-8H2,1-2H3,(H,18,21)(H,22,23)/t11?,12?,14-,15+/m1/s1. The first-order chi connectivity index (χ1) is 11.0. The maximum atomic E-state index is 12.7. The average Bonchev–Trinajstić information content (AvgIpc) is 2.92. The molecule has 0 spiro atoms. The Bertz CT molecular complexity index is 602. The monoisotopic (exact) mass is 319 g/mol. The van der Waals surface area contributed by atoms with Gasteiger partial charge in [-0.3, -0.25) is 14.3 Å². The molecule has 1 amide bonds. The van der Waals surface area contributed by atoms with Gasteiger partial charge >= 0.3 is 5.97 Å². The first-order valence-electron chi connectivity index (χ1n) is 8.54. The van der Waals surface area contributed by atoms with Crippen molar-refractivity contribution in [1.82, 2.24) is 15.1 Å². The molecule has 3 fully saturated rings. The van der Waals surface area contributed by atoms with E-state index in [4.69, 9.17) is 0 Å². The van der Waals surface area contributed by atoms with E-state index in [1.807, 2.05) is 18.5 Å². The molecule has 6 heteroatoms. The number of amides is 1. The maximum Gasteiger partial charge on any atom is 0.307 e. The van der Waals surface area contributed by atoms with Crippen LogP contribution in [-0.4, -0.2) is 26.8 Å². The predicted molar refractivity (Wildman–Crippen MR) is 84.5 cm³/mol. The van der Waals surface area contributed by atoms with E-state index in [-0.39, 0.29) is 23.7 Å². The molecule has 0 unspecified atom stereocenters. The third-order valence-corrected chi connectivity index (χ3v) is 5.76. The van der Waals surface area contributed by atoms with Crippen LogP contribution in [0.2, 0.25) is 0 Å². The van der Waals surface area contributed by atoms with E-state index in [1.165, 1.54) is 0 Å². The molecule has 3 aliphatic carbocycles. The number of nitrogens with one attached hydrogen (secondary N) is 1. The number of rotatable bonds is 5. The van der Waals surface area contributed by atoms with E-state index in [1.54, 1.807) is 6.20 Å². The second kappa shape index (κ2) is 6.34. The summed E-state index contributed by atoms with van der Waals surface area (Å²) in [5, 5.41) is 16.8. The first kappa shape index (κ1) is 16.0. The summed E-state index contributed by atoms with van der Waals surface area (Å²) in [6.07, 6.45) is 5.65. The van der Waals surface area contributed by atoms with Crippen molar-refractivity contribution in [2.24, 2.45) is 23.7 Å². The number of carbonyl (C=O) groups is 2. The lowest BCUT2D eigenvalue weighted by molar-refractivity contribution is -0.158. The van der Waals surface area contributed by atoms with Gasteiger partial charge in [0.05, 0.1) is 18.0 Å². The van der Waals surface area contributed by atoms with Gasteiger partial charge in [-0.25, -0.2) is 0 Å². The highest BCUT2D eigenvalue weighted by atomic mass is 16.4. The molecule has 1 heterocycles. The zero-order chi connectivity index (χ0) is 16.6. The van der Waals surface area contributed by atoms with Crippen molar-refractivity contribution in [3.05, 3.63) is 17.5 Å². The van der Waals surface area contributed by atoms with Crippen LogP contribution in [0.3, 0.4) is 0 Å². The maximum absolute atomic E-state index is 12.7. The zero-order valence-electron chi connectivity index (χ0n) is 13.8. The molecule has 4 rings (SSSR count). The Labute approximate surface area is 136 Å². The van der Waals surface area contributed by atoms with E-state index >= 15 is 0 Å². The van der Waals surface area contributed by atoms with E-state index in [2.05, 4.69) is 10.4 Å². The molecule has 1 aromatic rings. The number of hydrogen-bond acceptors (Lipinski definition) is 3. The number of aromatic nitrogens is 2. The SMILES string of the molecule is CCn1ncc(CNC(=O)[C@@H]2C3CCC(CC3)[C@@H]2C(=O)O)c1C. The van der Waals surface area contributed by atoms with Crippen molar-refractivity contribution in [2.75, 3.05) is 0 Å². The lowest BCUT2D eigenvalue weighted by atomic mass is 9.58. The molecular formula is C17H25N3O3. The molecule has 0 aliphatic heterocycles. The minimum atomic E-state index is -0.811. The Balaban J connectivity index is 1.69. The van der Waals surface area contributed by atoms with Crippen molar-refractivity contribution < 1.29 is 14.7 Å². The van der Waals surface area contributed by atoms with Crippen LogP contribution in [0.5, 0.6) is 0 Å². The summed E-state index contributed by atoms with van der Waals surface area (Å²) < 4.78 is 1.89. The van der Waals surface area contributed by atoms with Crippen LogP contribution in [-0.2, 0) is 22.7 Å². The van der Waals surface area contributed by atoms with Crippen LogP contribution >= 0.6 is 0 Å². The first-order valence-corrected chi connectivity index (χ1v) is 8.54. The molecule has 3 aliphatic rings. The van der Waals surface area contributed by atoms with Crippen LogP contribution in [0, 0.1) is 30.6 Å². The predicted octanol–water partition coefficient (Wildman–Crippen LogP) is 1.96. The lowest BCUT2D eigenvalue weighted by Crippen LogP contribution is -2.50. The van der Waals surface area contributed by atoms with E-state index < -0.39 is 11.9 Å². The highest BCUT2D eigenvalue weighted by molar-refractivity contribution is 5.85. The Morgan fingerprint density at radius 3 is 2.39 bits per heavy atom. The third-order valence-electron chi connectivity index (χ3n) is 5.76. The number of hydrogen-bond donors (Lipinski definition) is 2. The lowest BCUT2D eigenvalue weighted by Gasteiger charge is -2.45. The second-order valence-electron chi connectivity index (χ2n) is 6.85. The third kappa shape index (κ3) is 2.86. The summed E-state index contributed by atoms with van der Waals surface area (Å²) in [5.74, 6) is -1.41. The number of aliphatic carboxylic acids is 1. The normalized spacial score (nSPS) is 29.5. The quantitative estimate of drug-likeness (QED) is 0.869. The van der Waals surface area contributed by atoms with Crippen LogP contribution in [0.15, 0.2) is 6.20 Å².